The van der Waals surface area contributed by atoms with E-state index in [4.69, 9.17) is 0 Å². The SMILES string of the molecule is O=S1(=O)CCC2(CCCN(S(=O)(=O)c3ccccc3F)C2)C1. The van der Waals surface area contributed by atoms with Crippen molar-refractivity contribution in [3.63, 3.8) is 0 Å². The van der Waals surface area contributed by atoms with Crippen molar-refractivity contribution in [2.75, 3.05) is 24.6 Å². The lowest BCUT2D eigenvalue weighted by atomic mass is 9.80. The van der Waals surface area contributed by atoms with Crippen molar-refractivity contribution < 1.29 is 21.2 Å². The van der Waals surface area contributed by atoms with Gasteiger partial charge in [-0.25, -0.2) is 21.2 Å². The average molecular weight is 347 g/mol. The van der Waals surface area contributed by atoms with Gasteiger partial charge in [-0.15, -0.1) is 0 Å². The fourth-order valence-electron chi connectivity index (χ4n) is 3.47. The van der Waals surface area contributed by atoms with Gasteiger partial charge in [0.1, 0.15) is 10.7 Å². The first-order valence-corrected chi connectivity index (χ1v) is 10.5. The average Bonchev–Trinajstić information content (AvgIpc) is 2.74. The van der Waals surface area contributed by atoms with E-state index < -0.39 is 31.1 Å². The highest BCUT2D eigenvalue weighted by Gasteiger charge is 2.47. The molecule has 0 aliphatic carbocycles. The van der Waals surface area contributed by atoms with Crippen LogP contribution in [0.4, 0.5) is 4.39 Å². The summed E-state index contributed by atoms with van der Waals surface area (Å²) in [7, 11) is -7.02. The molecule has 2 aliphatic rings. The van der Waals surface area contributed by atoms with E-state index in [9.17, 15) is 21.2 Å². The van der Waals surface area contributed by atoms with Crippen molar-refractivity contribution in [3.05, 3.63) is 30.1 Å². The van der Waals surface area contributed by atoms with E-state index in [2.05, 4.69) is 0 Å². The van der Waals surface area contributed by atoms with Crippen molar-refractivity contribution in [1.82, 2.24) is 4.31 Å². The summed E-state index contributed by atoms with van der Waals surface area (Å²) >= 11 is 0. The monoisotopic (exact) mass is 347 g/mol. The first-order valence-electron chi connectivity index (χ1n) is 7.19. The third-order valence-corrected chi connectivity index (χ3v) is 8.31. The van der Waals surface area contributed by atoms with Crippen LogP contribution in [0, 0.1) is 11.2 Å². The summed E-state index contributed by atoms with van der Waals surface area (Å²) in [5.41, 5.74) is -0.505. The summed E-state index contributed by atoms with van der Waals surface area (Å²) in [4.78, 5) is -0.340. The van der Waals surface area contributed by atoms with Crippen LogP contribution in [0.25, 0.3) is 0 Å². The van der Waals surface area contributed by atoms with Crippen LogP contribution in [0.5, 0.6) is 0 Å². The van der Waals surface area contributed by atoms with Crippen LogP contribution in [0.1, 0.15) is 19.3 Å². The van der Waals surface area contributed by atoms with Gasteiger partial charge in [-0.1, -0.05) is 12.1 Å². The van der Waals surface area contributed by atoms with Gasteiger partial charge in [-0.2, -0.15) is 4.31 Å². The molecular formula is C14H18FNO4S2. The summed E-state index contributed by atoms with van der Waals surface area (Å²) in [5, 5.41) is 0. The number of nitrogens with zero attached hydrogens (tertiary/aromatic N) is 1. The molecule has 1 spiro atoms. The lowest BCUT2D eigenvalue weighted by molar-refractivity contribution is 0.172. The van der Waals surface area contributed by atoms with Gasteiger partial charge in [0, 0.05) is 13.1 Å². The summed E-state index contributed by atoms with van der Waals surface area (Å²) in [6.45, 7) is 0.460. The van der Waals surface area contributed by atoms with E-state index in [1.165, 1.54) is 22.5 Å². The number of benzene rings is 1. The Balaban J connectivity index is 1.91. The molecule has 0 amide bonds. The Bertz CT molecular complexity index is 791. The molecule has 0 bridgehead atoms. The zero-order chi connectivity index (χ0) is 16.0. The van der Waals surface area contributed by atoms with E-state index in [0.29, 0.717) is 25.8 Å². The maximum atomic E-state index is 13.8. The molecule has 1 atom stereocenters. The van der Waals surface area contributed by atoms with Crippen LogP contribution in [0.15, 0.2) is 29.2 Å². The van der Waals surface area contributed by atoms with Crippen LogP contribution in [-0.4, -0.2) is 45.7 Å². The summed E-state index contributed by atoms with van der Waals surface area (Å²) < 4.78 is 63.9. The highest BCUT2D eigenvalue weighted by molar-refractivity contribution is 7.91. The molecule has 2 saturated heterocycles. The molecule has 1 aromatic carbocycles. The van der Waals surface area contributed by atoms with Crippen LogP contribution in [0.3, 0.4) is 0 Å². The first kappa shape index (κ1) is 15.9. The molecule has 5 nitrogen and oxygen atoms in total. The normalized spacial score (nSPS) is 29.0. The van der Waals surface area contributed by atoms with E-state index in [0.717, 1.165) is 6.07 Å². The number of hydrogen-bond acceptors (Lipinski definition) is 4. The number of halogens is 1. The van der Waals surface area contributed by atoms with Crippen LogP contribution in [-0.2, 0) is 19.9 Å². The minimum absolute atomic E-state index is 0.0310. The van der Waals surface area contributed by atoms with Gasteiger partial charge in [0.05, 0.1) is 11.5 Å². The van der Waals surface area contributed by atoms with E-state index >= 15 is 0 Å². The third-order valence-electron chi connectivity index (χ3n) is 4.55. The lowest BCUT2D eigenvalue weighted by Crippen LogP contribution is -2.46. The van der Waals surface area contributed by atoms with Gasteiger partial charge >= 0.3 is 0 Å². The minimum atomic E-state index is -3.93. The predicted octanol–water partition coefficient (Wildman–Crippen LogP) is 1.42. The molecule has 0 saturated carbocycles. The summed E-state index contributed by atoms with van der Waals surface area (Å²) in [5.74, 6) is -0.634. The second-order valence-electron chi connectivity index (χ2n) is 6.21. The molecule has 2 fully saturated rings. The first-order chi connectivity index (χ1) is 10.2. The highest BCUT2D eigenvalue weighted by Crippen LogP contribution is 2.41. The minimum Gasteiger partial charge on any atom is -0.229 e. The number of rotatable bonds is 2. The zero-order valence-electron chi connectivity index (χ0n) is 12.0. The number of sulfone groups is 1. The molecule has 122 valence electrons. The molecule has 2 aliphatic heterocycles. The van der Waals surface area contributed by atoms with Gasteiger partial charge in [0.2, 0.25) is 10.0 Å². The van der Waals surface area contributed by atoms with Gasteiger partial charge < -0.3 is 0 Å². The van der Waals surface area contributed by atoms with Crippen molar-refractivity contribution >= 4 is 19.9 Å². The van der Waals surface area contributed by atoms with Gasteiger partial charge in [0.25, 0.3) is 0 Å². The Hall–Kier alpha value is -0.990. The van der Waals surface area contributed by atoms with Gasteiger partial charge in [0.15, 0.2) is 9.84 Å². The second-order valence-corrected chi connectivity index (χ2v) is 10.3. The third kappa shape index (κ3) is 2.79. The molecular weight excluding hydrogens is 329 g/mol. The Morgan fingerprint density at radius 2 is 1.91 bits per heavy atom. The second kappa shape index (κ2) is 5.28. The molecule has 2 heterocycles. The van der Waals surface area contributed by atoms with Gasteiger partial charge in [-0.05, 0) is 36.8 Å². The maximum Gasteiger partial charge on any atom is 0.246 e. The number of hydrogen-bond donors (Lipinski definition) is 0. The molecule has 1 unspecified atom stereocenters. The maximum absolute atomic E-state index is 13.8. The molecule has 8 heteroatoms. The van der Waals surface area contributed by atoms with Crippen molar-refractivity contribution in [1.29, 1.82) is 0 Å². The lowest BCUT2D eigenvalue weighted by Gasteiger charge is -2.38. The smallest absolute Gasteiger partial charge is 0.229 e. The largest absolute Gasteiger partial charge is 0.246 e. The molecule has 0 aromatic heterocycles. The predicted molar refractivity (Wildman–Crippen MR) is 80.1 cm³/mol. The molecule has 0 radical (unpaired) electrons. The van der Waals surface area contributed by atoms with E-state index in [1.807, 2.05) is 0 Å². The van der Waals surface area contributed by atoms with Crippen molar-refractivity contribution in [3.8, 4) is 0 Å². The number of piperidine rings is 1. The summed E-state index contributed by atoms with van der Waals surface area (Å²) in [6, 6.07) is 5.29. The summed E-state index contributed by atoms with van der Waals surface area (Å²) in [6.07, 6.45) is 1.79. The van der Waals surface area contributed by atoms with Crippen LogP contribution in [0.2, 0.25) is 0 Å². The molecule has 0 N–H and O–H groups in total. The quantitative estimate of drug-likeness (QED) is 0.811. The van der Waals surface area contributed by atoms with Crippen molar-refractivity contribution in [2.45, 2.75) is 24.2 Å². The molecule has 3 rings (SSSR count). The zero-order valence-corrected chi connectivity index (χ0v) is 13.7. The topological polar surface area (TPSA) is 71.5 Å². The Kier molecular flexibility index (Phi) is 3.81. The highest BCUT2D eigenvalue weighted by atomic mass is 32.2. The van der Waals surface area contributed by atoms with E-state index in [1.54, 1.807) is 0 Å². The standard InChI is InChI=1S/C14H18FNO4S2/c15-12-4-1-2-5-13(12)22(19,20)16-8-3-6-14(10-16)7-9-21(17,18)11-14/h1-2,4-5H,3,6-11H2. The van der Waals surface area contributed by atoms with Crippen molar-refractivity contribution in [2.24, 2.45) is 5.41 Å². The van der Waals surface area contributed by atoms with Gasteiger partial charge in [-0.3, -0.25) is 0 Å². The van der Waals surface area contributed by atoms with E-state index in [-0.39, 0.29) is 22.9 Å². The molecule has 22 heavy (non-hydrogen) atoms. The fourth-order valence-corrected chi connectivity index (χ4v) is 7.32. The molecule has 1 aromatic rings. The Morgan fingerprint density at radius 3 is 2.55 bits per heavy atom. The Morgan fingerprint density at radius 1 is 1.18 bits per heavy atom. The number of sulfonamides is 1. The van der Waals surface area contributed by atoms with Crippen LogP contribution < -0.4 is 0 Å². The fraction of sp³-hybridized carbons (Fsp3) is 0.571. The Labute approximate surface area is 130 Å². The van der Waals surface area contributed by atoms with Crippen LogP contribution >= 0.6 is 0 Å².